The van der Waals surface area contributed by atoms with Crippen LogP contribution in [0.25, 0.3) is 11.0 Å². The second-order valence-electron chi connectivity index (χ2n) is 8.43. The summed E-state index contributed by atoms with van der Waals surface area (Å²) in [6.45, 7) is 7.23. The normalized spacial score (nSPS) is 12.8. The van der Waals surface area contributed by atoms with Crippen LogP contribution >= 0.6 is 11.6 Å². The molecule has 0 bridgehead atoms. The lowest BCUT2D eigenvalue weighted by Gasteiger charge is -2.22. The maximum atomic E-state index is 12.7. The standard InChI is InChI=1S/C26H31ClN4O3/c1-5-12-34-21(13-18-6-9-20(27)10-7-18)15-31-23-11-8-19(17(2)3)14-22(23)30-24(26(33)28-4)25(31)29-16-32/h6-11,14,16-17,21H,5,12-13,15H2,1-4H3,(H,28,33). The van der Waals surface area contributed by atoms with Crippen LogP contribution in [0.15, 0.2) is 47.5 Å². The molecule has 1 atom stereocenters. The highest BCUT2D eigenvalue weighted by atomic mass is 35.5. The second kappa shape index (κ2) is 11.9. The maximum absolute atomic E-state index is 12.7. The van der Waals surface area contributed by atoms with Gasteiger partial charge in [-0.2, -0.15) is 4.99 Å². The minimum atomic E-state index is -0.407. The molecule has 1 heterocycles. The van der Waals surface area contributed by atoms with Crippen molar-refractivity contribution in [3.8, 4) is 0 Å². The van der Waals surface area contributed by atoms with Gasteiger partial charge in [-0.3, -0.25) is 9.59 Å². The number of nitrogens with one attached hydrogen (secondary N) is 1. The summed E-state index contributed by atoms with van der Waals surface area (Å²) in [7, 11) is 1.53. The third kappa shape index (κ3) is 6.10. The first-order chi connectivity index (χ1) is 16.4. The number of ether oxygens (including phenoxy) is 1. The molecule has 0 radical (unpaired) electrons. The number of aromatic nitrogens is 2. The molecule has 1 aromatic heterocycles. The molecule has 7 nitrogen and oxygen atoms in total. The molecule has 0 aliphatic carbocycles. The van der Waals surface area contributed by atoms with Crippen molar-refractivity contribution in [2.45, 2.75) is 52.2 Å². The SMILES string of the molecule is CCCOC(Cc1ccc(Cl)cc1)Cn1c(=NC=O)c(C(=O)NC)nc2cc(C(C)C)ccc21. The van der Waals surface area contributed by atoms with E-state index < -0.39 is 5.91 Å². The molecule has 0 aliphatic rings. The summed E-state index contributed by atoms with van der Waals surface area (Å²) in [6.07, 6.45) is 1.72. The monoisotopic (exact) mass is 482 g/mol. The summed E-state index contributed by atoms with van der Waals surface area (Å²) < 4.78 is 8.06. The molecule has 0 aliphatic heterocycles. The molecule has 0 saturated heterocycles. The summed E-state index contributed by atoms with van der Waals surface area (Å²) in [5.74, 6) is -0.108. The average molecular weight is 483 g/mol. The van der Waals surface area contributed by atoms with Crippen molar-refractivity contribution in [2.75, 3.05) is 13.7 Å². The second-order valence-corrected chi connectivity index (χ2v) is 8.87. The van der Waals surface area contributed by atoms with Gasteiger partial charge in [0.25, 0.3) is 5.91 Å². The van der Waals surface area contributed by atoms with Crippen molar-refractivity contribution < 1.29 is 14.3 Å². The molecule has 2 aromatic carbocycles. The van der Waals surface area contributed by atoms with Gasteiger partial charge in [0.15, 0.2) is 11.2 Å². The van der Waals surface area contributed by atoms with E-state index in [1.54, 1.807) is 0 Å². The Bertz CT molecular complexity index is 1220. The van der Waals surface area contributed by atoms with Crippen LogP contribution in [-0.4, -0.2) is 41.6 Å². The summed E-state index contributed by atoms with van der Waals surface area (Å²) >= 11 is 6.05. The first-order valence-electron chi connectivity index (χ1n) is 11.5. The van der Waals surface area contributed by atoms with Gasteiger partial charge in [0.2, 0.25) is 6.41 Å². The first kappa shape index (κ1) is 25.6. The number of nitrogens with zero attached hydrogens (tertiary/aromatic N) is 3. The van der Waals surface area contributed by atoms with Crippen LogP contribution in [-0.2, 0) is 22.5 Å². The van der Waals surface area contributed by atoms with E-state index >= 15 is 0 Å². The lowest BCUT2D eigenvalue weighted by molar-refractivity contribution is -0.107. The highest BCUT2D eigenvalue weighted by Crippen LogP contribution is 2.21. The fraction of sp³-hybridized carbons (Fsp3) is 0.385. The Labute approximate surface area is 204 Å². The van der Waals surface area contributed by atoms with Crippen LogP contribution in [0.2, 0.25) is 5.02 Å². The highest BCUT2D eigenvalue weighted by molar-refractivity contribution is 6.30. The molecule has 3 aromatic rings. The molecule has 34 heavy (non-hydrogen) atoms. The van der Waals surface area contributed by atoms with E-state index in [-0.39, 0.29) is 17.3 Å². The Balaban J connectivity index is 2.18. The number of carbonyl (C=O) groups excluding carboxylic acids is 2. The Morgan fingerprint density at radius 2 is 1.97 bits per heavy atom. The van der Waals surface area contributed by atoms with E-state index in [0.717, 1.165) is 23.1 Å². The van der Waals surface area contributed by atoms with Crippen molar-refractivity contribution >= 4 is 35.0 Å². The van der Waals surface area contributed by atoms with E-state index in [1.165, 1.54) is 7.05 Å². The number of amides is 2. The Morgan fingerprint density at radius 3 is 2.59 bits per heavy atom. The smallest absolute Gasteiger partial charge is 0.273 e. The predicted molar refractivity (Wildman–Crippen MR) is 134 cm³/mol. The van der Waals surface area contributed by atoms with Crippen molar-refractivity contribution in [3.05, 3.63) is 69.8 Å². The predicted octanol–water partition coefficient (Wildman–Crippen LogP) is 4.27. The van der Waals surface area contributed by atoms with Gasteiger partial charge in [0.05, 0.1) is 23.7 Å². The number of carbonyl (C=O) groups is 2. The Hall–Kier alpha value is -3.03. The van der Waals surface area contributed by atoms with E-state index in [9.17, 15) is 9.59 Å². The van der Waals surface area contributed by atoms with Gasteiger partial charge in [-0.05, 0) is 47.7 Å². The quantitative estimate of drug-likeness (QED) is 0.437. The lowest BCUT2D eigenvalue weighted by atomic mass is 10.0. The summed E-state index contributed by atoms with van der Waals surface area (Å²) in [5.41, 5.74) is 3.93. The van der Waals surface area contributed by atoms with E-state index in [1.807, 2.05) is 47.0 Å². The molecular formula is C26H31ClN4O3. The van der Waals surface area contributed by atoms with Crippen LogP contribution in [0, 0.1) is 0 Å². The molecule has 3 rings (SSSR count). The topological polar surface area (TPSA) is 85.6 Å². The van der Waals surface area contributed by atoms with Gasteiger partial charge in [-0.1, -0.05) is 50.6 Å². The van der Waals surface area contributed by atoms with Gasteiger partial charge in [0.1, 0.15) is 0 Å². The van der Waals surface area contributed by atoms with Gasteiger partial charge in [0, 0.05) is 25.1 Å². The number of benzene rings is 2. The van der Waals surface area contributed by atoms with Crippen LogP contribution < -0.4 is 10.8 Å². The van der Waals surface area contributed by atoms with Crippen LogP contribution in [0.3, 0.4) is 0 Å². The molecular weight excluding hydrogens is 452 g/mol. The van der Waals surface area contributed by atoms with E-state index in [4.69, 9.17) is 16.3 Å². The fourth-order valence-electron chi connectivity index (χ4n) is 3.81. The first-order valence-corrected chi connectivity index (χ1v) is 11.9. The van der Waals surface area contributed by atoms with Crippen molar-refractivity contribution in [1.82, 2.24) is 14.9 Å². The fourth-order valence-corrected chi connectivity index (χ4v) is 3.94. The minimum absolute atomic E-state index is 0.101. The minimum Gasteiger partial charge on any atom is -0.376 e. The number of hydrogen-bond acceptors (Lipinski definition) is 4. The number of hydrogen-bond donors (Lipinski definition) is 1. The van der Waals surface area contributed by atoms with Crippen LogP contribution in [0.4, 0.5) is 0 Å². The Kier molecular flexibility index (Phi) is 8.96. The van der Waals surface area contributed by atoms with Crippen molar-refractivity contribution in [1.29, 1.82) is 0 Å². The van der Waals surface area contributed by atoms with Gasteiger partial charge in [-0.15, -0.1) is 0 Å². The van der Waals surface area contributed by atoms with Gasteiger partial charge >= 0.3 is 0 Å². The molecule has 0 fully saturated rings. The molecule has 1 unspecified atom stereocenters. The molecule has 8 heteroatoms. The Morgan fingerprint density at radius 1 is 1.24 bits per heavy atom. The lowest BCUT2D eigenvalue weighted by Crippen LogP contribution is -2.37. The summed E-state index contributed by atoms with van der Waals surface area (Å²) in [4.78, 5) is 32.8. The zero-order valence-electron chi connectivity index (χ0n) is 20.0. The zero-order chi connectivity index (χ0) is 24.7. The van der Waals surface area contributed by atoms with Gasteiger partial charge in [-0.25, -0.2) is 4.98 Å². The van der Waals surface area contributed by atoms with Crippen molar-refractivity contribution in [2.24, 2.45) is 4.99 Å². The van der Waals surface area contributed by atoms with Crippen molar-refractivity contribution in [3.63, 3.8) is 0 Å². The van der Waals surface area contributed by atoms with Gasteiger partial charge < -0.3 is 14.6 Å². The molecule has 0 spiro atoms. The van der Waals surface area contributed by atoms with Crippen LogP contribution in [0.5, 0.6) is 0 Å². The van der Waals surface area contributed by atoms with E-state index in [0.29, 0.717) is 42.4 Å². The van der Waals surface area contributed by atoms with Crippen LogP contribution in [0.1, 0.15) is 54.7 Å². The summed E-state index contributed by atoms with van der Waals surface area (Å²) in [6, 6.07) is 13.6. The zero-order valence-corrected chi connectivity index (χ0v) is 20.8. The largest absolute Gasteiger partial charge is 0.376 e. The number of fused-ring (bicyclic) bond motifs is 1. The number of rotatable bonds is 10. The third-order valence-corrected chi connectivity index (χ3v) is 5.85. The number of halogens is 1. The molecule has 2 amide bonds. The third-order valence-electron chi connectivity index (χ3n) is 5.59. The molecule has 1 N–H and O–H groups in total. The summed E-state index contributed by atoms with van der Waals surface area (Å²) in [5, 5.41) is 3.28. The highest BCUT2D eigenvalue weighted by Gasteiger charge is 2.20. The maximum Gasteiger partial charge on any atom is 0.273 e. The molecule has 180 valence electrons. The molecule has 0 saturated carbocycles. The van der Waals surface area contributed by atoms with E-state index in [2.05, 4.69) is 36.1 Å². The average Bonchev–Trinajstić information content (AvgIpc) is 2.84.